The molecular formula is C21H18BrN5O5. The molecule has 0 atom stereocenters. The van der Waals surface area contributed by atoms with Gasteiger partial charge in [-0.1, -0.05) is 12.1 Å². The highest BCUT2D eigenvalue weighted by Gasteiger charge is 2.17. The van der Waals surface area contributed by atoms with Crippen LogP contribution in [0.1, 0.15) is 5.56 Å². The van der Waals surface area contributed by atoms with Gasteiger partial charge >= 0.3 is 11.4 Å². The minimum Gasteiger partial charge on any atom is -0.495 e. The number of hydrogen-bond acceptors (Lipinski definition) is 6. The summed E-state index contributed by atoms with van der Waals surface area (Å²) in [7, 11) is 4.74. The Bertz CT molecular complexity index is 1570. The Balaban J connectivity index is 1.88. The summed E-state index contributed by atoms with van der Waals surface area (Å²) in [6.07, 6.45) is 1.16. The molecule has 0 amide bonds. The summed E-state index contributed by atoms with van der Waals surface area (Å²) in [6, 6.07) is 9.99. The molecule has 0 aliphatic carbocycles. The van der Waals surface area contributed by atoms with Crippen LogP contribution in [0.25, 0.3) is 16.7 Å². The fourth-order valence-corrected chi connectivity index (χ4v) is 3.87. The van der Waals surface area contributed by atoms with Crippen LogP contribution in [0, 0.1) is 0 Å². The third kappa shape index (κ3) is 3.36. The second-order valence-electron chi connectivity index (χ2n) is 6.95. The molecule has 2 aromatic carbocycles. The molecule has 32 heavy (non-hydrogen) atoms. The second-order valence-corrected chi connectivity index (χ2v) is 7.81. The molecule has 10 nitrogen and oxygen atoms in total. The monoisotopic (exact) mass is 499 g/mol. The lowest BCUT2D eigenvalue weighted by Crippen LogP contribution is -2.31. The van der Waals surface area contributed by atoms with Gasteiger partial charge in [0.05, 0.1) is 29.5 Å². The van der Waals surface area contributed by atoms with Gasteiger partial charge in [0.1, 0.15) is 11.3 Å². The normalized spacial score (nSPS) is 11.5. The average Bonchev–Trinajstić information content (AvgIpc) is 2.97. The van der Waals surface area contributed by atoms with E-state index in [4.69, 9.17) is 4.74 Å². The lowest BCUT2D eigenvalue weighted by Gasteiger charge is -2.12. The molecule has 0 aliphatic heterocycles. The van der Waals surface area contributed by atoms with Gasteiger partial charge in [0, 0.05) is 24.8 Å². The molecule has 0 spiro atoms. The van der Waals surface area contributed by atoms with Crippen molar-refractivity contribution >= 4 is 38.9 Å². The summed E-state index contributed by atoms with van der Waals surface area (Å²) in [5, 5.41) is 10.8. The van der Waals surface area contributed by atoms with E-state index >= 15 is 0 Å². The zero-order valence-corrected chi connectivity index (χ0v) is 18.9. The van der Waals surface area contributed by atoms with Crippen molar-refractivity contribution in [3.63, 3.8) is 0 Å². The van der Waals surface area contributed by atoms with E-state index in [1.807, 2.05) is 0 Å². The largest absolute Gasteiger partial charge is 0.495 e. The van der Waals surface area contributed by atoms with Crippen molar-refractivity contribution in [3.8, 4) is 17.3 Å². The van der Waals surface area contributed by atoms with Crippen molar-refractivity contribution < 1.29 is 9.84 Å². The molecule has 2 heterocycles. The predicted molar refractivity (Wildman–Crippen MR) is 124 cm³/mol. The zero-order valence-electron chi connectivity index (χ0n) is 17.3. The Morgan fingerprint density at radius 1 is 1.09 bits per heavy atom. The molecular weight excluding hydrogens is 482 g/mol. The molecule has 4 aromatic rings. The SMILES string of the molecule is COc1ccccc1-n1c(O)c(C=Nc2cc3c(cc2Br)n(C)c(=O)n3C)c(=O)[nH]c1=O. The van der Waals surface area contributed by atoms with Crippen LogP contribution in [-0.4, -0.2) is 37.1 Å². The van der Waals surface area contributed by atoms with E-state index in [0.717, 1.165) is 10.8 Å². The maximum atomic E-state index is 12.4. The number of rotatable bonds is 4. The number of H-pyrrole nitrogens is 1. The van der Waals surface area contributed by atoms with E-state index in [-0.39, 0.29) is 16.9 Å². The van der Waals surface area contributed by atoms with Crippen molar-refractivity contribution in [2.75, 3.05) is 7.11 Å². The van der Waals surface area contributed by atoms with Gasteiger partial charge in [-0.05, 0) is 40.2 Å². The molecule has 4 rings (SSSR count). The maximum Gasteiger partial charge on any atom is 0.335 e. The van der Waals surface area contributed by atoms with Gasteiger partial charge in [0.2, 0.25) is 5.88 Å². The van der Waals surface area contributed by atoms with Crippen LogP contribution < -0.4 is 21.7 Å². The van der Waals surface area contributed by atoms with Crippen molar-refractivity contribution in [1.29, 1.82) is 0 Å². The molecule has 164 valence electrons. The second kappa shape index (κ2) is 8.00. The topological polar surface area (TPSA) is 124 Å². The summed E-state index contributed by atoms with van der Waals surface area (Å²) in [6.45, 7) is 0. The first kappa shape index (κ1) is 21.4. The van der Waals surface area contributed by atoms with Crippen molar-refractivity contribution in [3.05, 3.63) is 77.8 Å². The standard InChI is InChI=1S/C21H18BrN5O5/c1-25-15-8-12(22)13(9-16(15)26(2)21(25)31)23-10-11-18(28)24-20(30)27(19(11)29)14-6-4-5-7-17(14)32-3/h4-10,29H,1-3H3,(H,24,28,30). The van der Waals surface area contributed by atoms with E-state index < -0.39 is 17.1 Å². The molecule has 0 bridgehead atoms. The third-order valence-corrected chi connectivity index (χ3v) is 5.76. The lowest BCUT2D eigenvalue weighted by atomic mass is 10.2. The van der Waals surface area contributed by atoms with Crippen LogP contribution >= 0.6 is 15.9 Å². The van der Waals surface area contributed by atoms with Crippen LogP contribution in [0.5, 0.6) is 11.6 Å². The smallest absolute Gasteiger partial charge is 0.335 e. The number of para-hydroxylation sites is 2. The molecule has 2 aromatic heterocycles. The van der Waals surface area contributed by atoms with E-state index in [0.29, 0.717) is 26.9 Å². The minimum atomic E-state index is -0.823. The highest BCUT2D eigenvalue weighted by molar-refractivity contribution is 9.10. The third-order valence-electron chi connectivity index (χ3n) is 5.12. The van der Waals surface area contributed by atoms with E-state index in [1.54, 1.807) is 50.5 Å². The summed E-state index contributed by atoms with van der Waals surface area (Å²) < 4.78 is 9.75. The summed E-state index contributed by atoms with van der Waals surface area (Å²) in [5.74, 6) is -0.255. The van der Waals surface area contributed by atoms with Crippen LogP contribution in [0.3, 0.4) is 0 Å². The Morgan fingerprint density at radius 2 is 1.75 bits per heavy atom. The average molecular weight is 500 g/mol. The van der Waals surface area contributed by atoms with E-state index in [2.05, 4.69) is 25.9 Å². The van der Waals surface area contributed by atoms with Gasteiger partial charge in [-0.15, -0.1) is 0 Å². The number of ether oxygens (including phenoxy) is 1. The summed E-state index contributed by atoms with van der Waals surface area (Å²) in [5.41, 5.74) is -0.00487. The Kier molecular flexibility index (Phi) is 5.35. The van der Waals surface area contributed by atoms with Gasteiger partial charge in [-0.25, -0.2) is 14.2 Å². The van der Waals surface area contributed by atoms with Crippen LogP contribution in [-0.2, 0) is 14.1 Å². The predicted octanol–water partition coefficient (Wildman–Crippen LogP) is 1.94. The number of aromatic amines is 1. The van der Waals surface area contributed by atoms with Crippen molar-refractivity contribution in [2.45, 2.75) is 0 Å². The van der Waals surface area contributed by atoms with Crippen LogP contribution in [0.4, 0.5) is 5.69 Å². The highest BCUT2D eigenvalue weighted by atomic mass is 79.9. The first-order valence-corrected chi connectivity index (χ1v) is 10.1. The minimum absolute atomic E-state index is 0.189. The molecule has 11 heteroatoms. The molecule has 0 radical (unpaired) electrons. The number of imidazole rings is 1. The van der Waals surface area contributed by atoms with Crippen LogP contribution in [0.15, 0.2) is 60.2 Å². The van der Waals surface area contributed by atoms with Crippen molar-refractivity contribution in [1.82, 2.24) is 18.7 Å². The zero-order chi connectivity index (χ0) is 23.2. The molecule has 0 fully saturated rings. The fraction of sp³-hybridized carbons (Fsp3) is 0.143. The molecule has 0 saturated heterocycles. The quantitative estimate of drug-likeness (QED) is 0.415. The number of aliphatic imine (C=N–C) groups is 1. The molecule has 0 saturated carbocycles. The van der Waals surface area contributed by atoms with Gasteiger partial charge < -0.3 is 9.84 Å². The molecule has 2 N–H and O–H groups in total. The van der Waals surface area contributed by atoms with Gasteiger partial charge in [0.25, 0.3) is 5.56 Å². The number of nitrogens with one attached hydrogen (secondary N) is 1. The number of nitrogens with zero attached hydrogens (tertiary/aromatic N) is 4. The Morgan fingerprint density at radius 3 is 2.44 bits per heavy atom. The number of fused-ring (bicyclic) bond motifs is 1. The van der Waals surface area contributed by atoms with E-state index in [1.165, 1.54) is 16.2 Å². The number of halogens is 1. The highest BCUT2D eigenvalue weighted by Crippen LogP contribution is 2.30. The van der Waals surface area contributed by atoms with Gasteiger partial charge in [-0.3, -0.25) is 23.9 Å². The summed E-state index contributed by atoms with van der Waals surface area (Å²) in [4.78, 5) is 43.5. The lowest BCUT2D eigenvalue weighted by molar-refractivity contribution is 0.401. The number of aryl methyl sites for hydroxylation is 2. The number of hydrogen-bond donors (Lipinski definition) is 2. The van der Waals surface area contributed by atoms with Gasteiger partial charge in [0.15, 0.2) is 0 Å². The Hall–Kier alpha value is -3.86. The number of aromatic hydroxyl groups is 1. The first-order valence-electron chi connectivity index (χ1n) is 9.35. The molecule has 0 unspecified atom stereocenters. The molecule has 0 aliphatic rings. The van der Waals surface area contributed by atoms with E-state index in [9.17, 15) is 19.5 Å². The number of benzene rings is 2. The fourth-order valence-electron chi connectivity index (χ4n) is 3.43. The summed E-state index contributed by atoms with van der Waals surface area (Å²) >= 11 is 3.42. The number of methoxy groups -OCH3 is 1. The van der Waals surface area contributed by atoms with Crippen molar-refractivity contribution in [2.24, 2.45) is 19.1 Å². The number of aromatic nitrogens is 4. The van der Waals surface area contributed by atoms with Gasteiger partial charge in [-0.2, -0.15) is 0 Å². The first-order chi connectivity index (χ1) is 15.2. The maximum absolute atomic E-state index is 12.4. The Labute approximate surface area is 188 Å². The van der Waals surface area contributed by atoms with Crippen LogP contribution in [0.2, 0.25) is 0 Å².